The van der Waals surface area contributed by atoms with Gasteiger partial charge in [-0.1, -0.05) is 32.1 Å². The van der Waals surface area contributed by atoms with Crippen molar-refractivity contribution in [3.8, 4) is 23.3 Å². The molecule has 4 aromatic rings. The zero-order chi connectivity index (χ0) is 20.6. The van der Waals surface area contributed by atoms with E-state index in [0.29, 0.717) is 34.6 Å². The summed E-state index contributed by atoms with van der Waals surface area (Å²) >= 11 is 0. The van der Waals surface area contributed by atoms with Crippen molar-refractivity contribution in [2.24, 2.45) is 7.05 Å². The Bertz CT molecular complexity index is 1160. The lowest BCUT2D eigenvalue weighted by Crippen LogP contribution is -2.16. The smallest absolute Gasteiger partial charge is 0.236 e. The van der Waals surface area contributed by atoms with Gasteiger partial charge in [-0.05, 0) is 17.5 Å². The van der Waals surface area contributed by atoms with Crippen LogP contribution < -0.4 is 9.47 Å². The van der Waals surface area contributed by atoms with E-state index in [2.05, 4.69) is 51.4 Å². The Morgan fingerprint density at radius 1 is 1.10 bits per heavy atom. The van der Waals surface area contributed by atoms with Gasteiger partial charge in [0.1, 0.15) is 18.0 Å². The molecule has 0 saturated carbocycles. The molecule has 10 heteroatoms. The first-order chi connectivity index (χ1) is 13.8. The molecule has 29 heavy (non-hydrogen) atoms. The summed E-state index contributed by atoms with van der Waals surface area (Å²) < 4.78 is 14.5. The van der Waals surface area contributed by atoms with Crippen molar-refractivity contribution in [3.05, 3.63) is 41.7 Å². The van der Waals surface area contributed by atoms with Crippen LogP contribution in [-0.2, 0) is 19.1 Å². The van der Waals surface area contributed by atoms with E-state index in [1.54, 1.807) is 28.6 Å². The third-order valence-electron chi connectivity index (χ3n) is 4.34. The van der Waals surface area contributed by atoms with Crippen molar-refractivity contribution >= 4 is 5.65 Å². The Labute approximate surface area is 167 Å². The lowest BCUT2D eigenvalue weighted by molar-refractivity contribution is 0.276. The molecular formula is C19H22N8O2. The maximum absolute atomic E-state index is 6.03. The van der Waals surface area contributed by atoms with E-state index >= 15 is 0 Å². The van der Waals surface area contributed by atoms with E-state index < -0.39 is 0 Å². The van der Waals surface area contributed by atoms with Crippen molar-refractivity contribution in [2.45, 2.75) is 32.8 Å². The number of pyridine rings is 1. The first-order valence-electron chi connectivity index (χ1n) is 9.11. The number of aryl methyl sites for hydroxylation is 1. The Kier molecular flexibility index (Phi) is 4.61. The van der Waals surface area contributed by atoms with Crippen LogP contribution in [0.2, 0.25) is 0 Å². The molecule has 0 amide bonds. The summed E-state index contributed by atoms with van der Waals surface area (Å²) in [4.78, 5) is 4.43. The molecule has 10 nitrogen and oxygen atoms in total. The molecule has 0 radical (unpaired) electrons. The standard InChI is InChI=1S/C19H22N8O2/c1-19(2,3)13-9-15-22-23-17(14-7-6-8-16(20-14)28-5)27(15)24-18(13)29-11-12-10-26(4)25-21-12/h6-10H,11H2,1-5H3. The van der Waals surface area contributed by atoms with Gasteiger partial charge >= 0.3 is 0 Å². The van der Waals surface area contributed by atoms with E-state index in [1.807, 2.05) is 25.2 Å². The average molecular weight is 394 g/mol. The van der Waals surface area contributed by atoms with Crippen molar-refractivity contribution in [1.29, 1.82) is 0 Å². The molecular weight excluding hydrogens is 372 g/mol. The SMILES string of the molecule is COc1cccc(-c2nnc3cc(C(C)(C)C)c(OCc4cn(C)nn4)nn23)n1. The molecule has 0 spiro atoms. The fourth-order valence-corrected chi connectivity index (χ4v) is 2.88. The normalized spacial score (nSPS) is 11.8. The lowest BCUT2D eigenvalue weighted by atomic mass is 9.88. The van der Waals surface area contributed by atoms with Crippen molar-refractivity contribution in [1.82, 2.24) is 39.8 Å². The Balaban J connectivity index is 1.79. The summed E-state index contributed by atoms with van der Waals surface area (Å²) in [5, 5.41) is 21.2. The highest BCUT2D eigenvalue weighted by atomic mass is 16.5. The number of rotatable bonds is 5. The summed E-state index contributed by atoms with van der Waals surface area (Å²) in [5.41, 5.74) is 2.65. The highest BCUT2D eigenvalue weighted by Crippen LogP contribution is 2.32. The molecule has 0 unspecified atom stereocenters. The van der Waals surface area contributed by atoms with Crippen LogP contribution in [0.3, 0.4) is 0 Å². The molecule has 0 fully saturated rings. The molecule has 0 N–H and O–H groups in total. The molecule has 0 bridgehead atoms. The van der Waals surface area contributed by atoms with Crippen LogP contribution in [0.1, 0.15) is 32.0 Å². The zero-order valence-electron chi connectivity index (χ0n) is 17.0. The predicted octanol–water partition coefficient (Wildman–Crippen LogP) is 2.20. The maximum Gasteiger partial charge on any atom is 0.236 e. The molecule has 4 aromatic heterocycles. The minimum absolute atomic E-state index is 0.202. The topological polar surface area (TPSA) is 105 Å². The van der Waals surface area contributed by atoms with Crippen molar-refractivity contribution < 1.29 is 9.47 Å². The Morgan fingerprint density at radius 2 is 1.93 bits per heavy atom. The van der Waals surface area contributed by atoms with E-state index in [-0.39, 0.29) is 12.0 Å². The minimum atomic E-state index is -0.202. The summed E-state index contributed by atoms with van der Waals surface area (Å²) in [6.45, 7) is 6.54. The van der Waals surface area contributed by atoms with Gasteiger partial charge in [0.15, 0.2) is 5.65 Å². The molecule has 0 aliphatic carbocycles. The monoisotopic (exact) mass is 394 g/mol. The molecule has 4 rings (SSSR count). The number of nitrogens with zero attached hydrogens (tertiary/aromatic N) is 8. The highest BCUT2D eigenvalue weighted by molar-refractivity contribution is 5.57. The van der Waals surface area contributed by atoms with Crippen LogP contribution in [-0.4, -0.2) is 46.9 Å². The number of hydrogen-bond donors (Lipinski definition) is 0. The van der Waals surface area contributed by atoms with E-state index in [9.17, 15) is 0 Å². The zero-order valence-corrected chi connectivity index (χ0v) is 17.0. The molecule has 150 valence electrons. The van der Waals surface area contributed by atoms with Crippen molar-refractivity contribution in [2.75, 3.05) is 7.11 Å². The number of methoxy groups -OCH3 is 1. The molecule has 0 aliphatic heterocycles. The van der Waals surface area contributed by atoms with E-state index in [1.165, 1.54) is 0 Å². The van der Waals surface area contributed by atoms with Crippen LogP contribution in [0.25, 0.3) is 17.2 Å². The lowest BCUT2D eigenvalue weighted by Gasteiger charge is -2.21. The van der Waals surface area contributed by atoms with E-state index in [0.717, 1.165) is 5.56 Å². The second-order valence-corrected chi connectivity index (χ2v) is 7.64. The minimum Gasteiger partial charge on any atom is -0.481 e. The summed E-state index contributed by atoms with van der Waals surface area (Å²) in [7, 11) is 3.38. The van der Waals surface area contributed by atoms with Crippen molar-refractivity contribution in [3.63, 3.8) is 0 Å². The van der Waals surface area contributed by atoms with Gasteiger partial charge in [0, 0.05) is 18.7 Å². The van der Waals surface area contributed by atoms with E-state index in [4.69, 9.17) is 9.47 Å². The van der Waals surface area contributed by atoms with Gasteiger partial charge in [0.25, 0.3) is 0 Å². The summed E-state index contributed by atoms with van der Waals surface area (Å²) in [6.07, 6.45) is 1.81. The van der Waals surface area contributed by atoms with Gasteiger partial charge in [0.05, 0.1) is 13.3 Å². The molecule has 0 aliphatic rings. The van der Waals surface area contributed by atoms with Crippen LogP contribution >= 0.6 is 0 Å². The van der Waals surface area contributed by atoms with Gasteiger partial charge in [-0.3, -0.25) is 4.68 Å². The molecule has 0 aromatic carbocycles. The number of aromatic nitrogens is 8. The van der Waals surface area contributed by atoms with Crippen LogP contribution in [0, 0.1) is 0 Å². The molecule has 0 saturated heterocycles. The van der Waals surface area contributed by atoms with Gasteiger partial charge in [-0.15, -0.1) is 20.4 Å². The largest absolute Gasteiger partial charge is 0.481 e. The van der Waals surface area contributed by atoms with Crippen LogP contribution in [0.4, 0.5) is 0 Å². The van der Waals surface area contributed by atoms with Gasteiger partial charge in [0.2, 0.25) is 17.6 Å². The van der Waals surface area contributed by atoms with Gasteiger partial charge < -0.3 is 9.47 Å². The Hall–Kier alpha value is -3.56. The average Bonchev–Trinajstić information content (AvgIpc) is 3.30. The molecule has 0 atom stereocenters. The number of ether oxygens (including phenoxy) is 2. The fraction of sp³-hybridized carbons (Fsp3) is 0.368. The second-order valence-electron chi connectivity index (χ2n) is 7.64. The molecule has 4 heterocycles. The first-order valence-corrected chi connectivity index (χ1v) is 9.11. The number of hydrogen-bond acceptors (Lipinski definition) is 8. The number of fused-ring (bicyclic) bond motifs is 1. The van der Waals surface area contributed by atoms with Gasteiger partial charge in [-0.2, -0.15) is 4.52 Å². The predicted molar refractivity (Wildman–Crippen MR) is 105 cm³/mol. The van der Waals surface area contributed by atoms with Gasteiger partial charge in [-0.25, -0.2) is 4.98 Å². The van der Waals surface area contributed by atoms with Crippen LogP contribution in [0.15, 0.2) is 30.5 Å². The van der Waals surface area contributed by atoms with Crippen LogP contribution in [0.5, 0.6) is 11.8 Å². The first kappa shape index (κ1) is 18.8. The fourth-order valence-electron chi connectivity index (χ4n) is 2.88. The summed E-state index contributed by atoms with van der Waals surface area (Å²) in [5.74, 6) is 1.48. The second kappa shape index (κ2) is 7.12. The Morgan fingerprint density at radius 3 is 2.62 bits per heavy atom. The maximum atomic E-state index is 6.03. The third-order valence-corrected chi connectivity index (χ3v) is 4.34. The summed E-state index contributed by atoms with van der Waals surface area (Å²) in [6, 6.07) is 7.39. The quantitative estimate of drug-likeness (QED) is 0.507. The highest BCUT2D eigenvalue weighted by Gasteiger charge is 2.24. The third kappa shape index (κ3) is 3.73.